The number of phenolic OH excluding ortho intramolecular Hbond substituents is 1. The summed E-state index contributed by atoms with van der Waals surface area (Å²) in [6.07, 6.45) is 2.70. The number of nitrogens with zero attached hydrogens (tertiary/aromatic N) is 2. The molecule has 0 saturated carbocycles. The van der Waals surface area contributed by atoms with Crippen LogP contribution in [0.15, 0.2) is 133 Å². The van der Waals surface area contributed by atoms with Gasteiger partial charge >= 0.3 is 0 Å². The van der Waals surface area contributed by atoms with Crippen molar-refractivity contribution in [1.82, 2.24) is 19.9 Å². The number of H-pyrrole nitrogens is 2. The molecule has 5 aromatic heterocycles. The molecule has 4 aromatic carbocycles. The van der Waals surface area contributed by atoms with Crippen molar-refractivity contribution >= 4 is 71.8 Å². The Hall–Kier alpha value is -6.92. The second kappa shape index (κ2) is 13.3. The van der Waals surface area contributed by atoms with Crippen LogP contribution >= 0.6 is 0 Å². The van der Waals surface area contributed by atoms with E-state index in [1.807, 2.05) is 24.3 Å². The minimum absolute atomic E-state index is 0.155. The van der Waals surface area contributed by atoms with Crippen molar-refractivity contribution in [3.63, 3.8) is 0 Å². The lowest BCUT2D eigenvalue weighted by molar-refractivity contribution is 0.456. The molecule has 5 heterocycles. The maximum atomic E-state index is 12.3. The van der Waals surface area contributed by atoms with Gasteiger partial charge in [-0.05, 0) is 94.1 Å². The Morgan fingerprint density at radius 2 is 1.05 bits per heavy atom. The number of nitrogens with one attached hydrogen (secondary N) is 2. The molecule has 0 fully saturated rings. The molecule has 0 aliphatic heterocycles. The van der Waals surface area contributed by atoms with Crippen molar-refractivity contribution in [3.05, 3.63) is 150 Å². The summed E-state index contributed by atoms with van der Waals surface area (Å²) in [6, 6.07) is 43.7. The molecule has 0 spiro atoms. The highest BCUT2D eigenvalue weighted by Gasteiger charge is 2.25. The molecule has 0 radical (unpaired) electrons. The van der Waals surface area contributed by atoms with Crippen LogP contribution in [-0.4, -0.2) is 30.1 Å². The van der Waals surface area contributed by atoms with Crippen LogP contribution < -0.4 is 0 Å². The van der Waals surface area contributed by atoms with Crippen molar-refractivity contribution in [2.45, 2.75) is 53.4 Å². The van der Waals surface area contributed by atoms with Gasteiger partial charge in [0.2, 0.25) is 0 Å². The molecule has 0 amide bonds. The van der Waals surface area contributed by atoms with Gasteiger partial charge in [0.25, 0.3) is 0 Å². The minimum atomic E-state index is -0.217. The van der Waals surface area contributed by atoms with Gasteiger partial charge in [0.05, 0.1) is 22.1 Å². The molecule has 1 aliphatic carbocycles. The van der Waals surface area contributed by atoms with Gasteiger partial charge in [0, 0.05) is 60.3 Å². The zero-order valence-corrected chi connectivity index (χ0v) is 34.2. The Kier molecular flexibility index (Phi) is 8.22. The number of benzene rings is 4. The summed E-state index contributed by atoms with van der Waals surface area (Å²) in [6.45, 7) is 13.2. The number of fused-ring (bicyclic) bond motifs is 14. The highest BCUT2D eigenvalue weighted by molar-refractivity contribution is 6.07. The Bertz CT molecular complexity index is 3320. The zero-order valence-electron chi connectivity index (χ0n) is 34.2. The van der Waals surface area contributed by atoms with Crippen LogP contribution in [0.1, 0.15) is 58.2 Å². The third-order valence-corrected chi connectivity index (χ3v) is 12.0. The van der Waals surface area contributed by atoms with Crippen LogP contribution in [0.25, 0.3) is 94.0 Å². The maximum absolute atomic E-state index is 12.3. The summed E-state index contributed by atoms with van der Waals surface area (Å²) in [7, 11) is 0. The number of aromatic amines is 2. The van der Waals surface area contributed by atoms with Crippen LogP contribution in [0.4, 0.5) is 0 Å². The van der Waals surface area contributed by atoms with Crippen molar-refractivity contribution in [3.8, 4) is 33.8 Å². The van der Waals surface area contributed by atoms with E-state index >= 15 is 0 Å². The van der Waals surface area contributed by atoms with Gasteiger partial charge < -0.3 is 20.2 Å². The number of pyridine rings is 2. The van der Waals surface area contributed by atoms with Gasteiger partial charge in [0.1, 0.15) is 11.5 Å². The van der Waals surface area contributed by atoms with E-state index in [4.69, 9.17) is 9.97 Å². The van der Waals surface area contributed by atoms with Crippen LogP contribution in [-0.2, 0) is 11.8 Å². The molecule has 0 atom stereocenters. The summed E-state index contributed by atoms with van der Waals surface area (Å²) < 4.78 is 0. The maximum Gasteiger partial charge on any atom is 0.134 e. The normalized spacial score (nSPS) is 13.1. The first kappa shape index (κ1) is 36.4. The molecule has 0 saturated heterocycles. The molecule has 9 aromatic rings. The minimum Gasteiger partial charge on any atom is -0.507 e. The molecular formula is C53H46N4O2. The number of rotatable bonds is 2. The standard InChI is InChI=1S/C53H46N4O2/c1-52(2,3)35-26-37-41-22-24-45(54-41)47(32-14-12-31(13-15-32)30-10-8-7-9-11-30)46-25-23-42(55-46)38-27-36(53(4,5)6)29-40(51(38)59)44-21-19-34-17-16-33-18-20-43(39(28-35)50(37)58)56-48(33)49(34)57-44/h7-28,54-55,58-59H,29H2,1-6H3. The number of hydrogen-bond donors (Lipinski definition) is 4. The van der Waals surface area contributed by atoms with E-state index in [9.17, 15) is 10.2 Å². The summed E-state index contributed by atoms with van der Waals surface area (Å²) in [5, 5.41) is 27.8. The van der Waals surface area contributed by atoms with Crippen LogP contribution in [0.2, 0.25) is 0 Å². The second-order valence-corrected chi connectivity index (χ2v) is 18.0. The summed E-state index contributed by atoms with van der Waals surface area (Å²) >= 11 is 0. The number of aromatic nitrogens is 4. The van der Waals surface area contributed by atoms with Gasteiger partial charge in [0.15, 0.2) is 0 Å². The fourth-order valence-electron chi connectivity index (χ4n) is 8.50. The largest absolute Gasteiger partial charge is 0.507 e. The Morgan fingerprint density at radius 3 is 1.71 bits per heavy atom. The molecular weight excluding hydrogens is 725 g/mol. The monoisotopic (exact) mass is 770 g/mol. The van der Waals surface area contributed by atoms with Crippen LogP contribution in [0.3, 0.4) is 0 Å². The lowest BCUT2D eigenvalue weighted by atomic mass is 9.79. The van der Waals surface area contributed by atoms with Crippen molar-refractivity contribution in [2.24, 2.45) is 5.41 Å². The molecule has 12 bridgehead atoms. The SMILES string of the molecule is CC(C)(C)C1=Cc2c(O)c(c3ccc4ccc5ccc(nc5c4n3)c3cc(C(C)(C)C)cc(c3O)c3ccc([nH]3)c(-c3ccc(-c4ccccc4)cc3)c3ccc2[nH]3)C1. The van der Waals surface area contributed by atoms with E-state index < -0.39 is 0 Å². The van der Waals surface area contributed by atoms with Crippen molar-refractivity contribution < 1.29 is 10.2 Å². The van der Waals surface area contributed by atoms with Gasteiger partial charge in [-0.25, -0.2) is 9.97 Å². The molecule has 4 N–H and O–H groups in total. The molecule has 0 unspecified atom stereocenters. The highest BCUT2D eigenvalue weighted by Crippen LogP contribution is 2.43. The summed E-state index contributed by atoms with van der Waals surface area (Å²) in [4.78, 5) is 18.0. The number of hydrogen-bond acceptors (Lipinski definition) is 4. The van der Waals surface area contributed by atoms with Crippen molar-refractivity contribution in [1.29, 1.82) is 0 Å². The van der Waals surface area contributed by atoms with E-state index in [1.165, 1.54) is 5.57 Å². The lowest BCUT2D eigenvalue weighted by Gasteiger charge is -2.27. The zero-order chi connectivity index (χ0) is 40.8. The number of phenols is 1. The average molecular weight is 771 g/mol. The van der Waals surface area contributed by atoms with E-state index in [-0.39, 0.29) is 22.3 Å². The average Bonchev–Trinajstić information content (AvgIpc) is 3.91. The van der Waals surface area contributed by atoms with Gasteiger partial charge in [-0.3, -0.25) is 0 Å². The molecule has 10 rings (SSSR count). The Morgan fingerprint density at radius 1 is 0.508 bits per heavy atom. The first-order chi connectivity index (χ1) is 28.3. The van der Waals surface area contributed by atoms with E-state index in [0.717, 1.165) is 82.8 Å². The summed E-state index contributed by atoms with van der Waals surface area (Å²) in [5.74, 6) is 0.360. The Labute approximate surface area is 342 Å². The Balaban J connectivity index is 1.38. The highest BCUT2D eigenvalue weighted by atomic mass is 16.3. The molecule has 290 valence electrons. The van der Waals surface area contributed by atoms with Crippen LogP contribution in [0.5, 0.6) is 11.5 Å². The van der Waals surface area contributed by atoms with Gasteiger partial charge in [-0.1, -0.05) is 126 Å². The topological polar surface area (TPSA) is 97.8 Å². The smallest absolute Gasteiger partial charge is 0.134 e. The first-order valence-corrected chi connectivity index (χ1v) is 20.3. The first-order valence-electron chi connectivity index (χ1n) is 20.3. The second-order valence-electron chi connectivity index (χ2n) is 18.0. The fourth-order valence-corrected chi connectivity index (χ4v) is 8.50. The van der Waals surface area contributed by atoms with Gasteiger partial charge in [-0.2, -0.15) is 0 Å². The molecule has 1 aliphatic rings. The number of aromatic hydroxyl groups is 2. The number of allylic oxidation sites excluding steroid dienone is 1. The lowest BCUT2D eigenvalue weighted by Crippen LogP contribution is -2.14. The third kappa shape index (κ3) is 6.27. The molecule has 6 heteroatoms. The molecule has 59 heavy (non-hydrogen) atoms. The van der Waals surface area contributed by atoms with E-state index in [2.05, 4.69) is 161 Å². The van der Waals surface area contributed by atoms with E-state index in [0.29, 0.717) is 28.2 Å². The quantitative estimate of drug-likeness (QED) is 0.132. The molecule has 6 nitrogen and oxygen atoms in total. The van der Waals surface area contributed by atoms with Crippen LogP contribution in [0, 0.1) is 5.41 Å². The third-order valence-electron chi connectivity index (χ3n) is 12.0. The van der Waals surface area contributed by atoms with Crippen molar-refractivity contribution in [2.75, 3.05) is 0 Å². The predicted molar refractivity (Wildman–Crippen MR) is 246 cm³/mol. The van der Waals surface area contributed by atoms with Gasteiger partial charge in [-0.15, -0.1) is 0 Å². The predicted octanol–water partition coefficient (Wildman–Crippen LogP) is 13.8. The van der Waals surface area contributed by atoms with E-state index in [1.54, 1.807) is 0 Å². The summed E-state index contributed by atoms with van der Waals surface area (Å²) in [5.41, 5.74) is 13.8. The fraction of sp³-hybridized carbons (Fsp3) is 0.170.